The average molecular weight is 287 g/mol. The van der Waals surface area contributed by atoms with Gasteiger partial charge in [0.05, 0.1) is 5.56 Å². The third-order valence-corrected chi connectivity index (χ3v) is 2.94. The second kappa shape index (κ2) is 3.87. The highest BCUT2D eigenvalue weighted by molar-refractivity contribution is 9.10. The van der Waals surface area contributed by atoms with Crippen molar-refractivity contribution in [1.82, 2.24) is 4.98 Å². The van der Waals surface area contributed by atoms with Gasteiger partial charge in [0.25, 0.3) is 16.4 Å². The van der Waals surface area contributed by atoms with Crippen LogP contribution in [0.5, 0.6) is 0 Å². The van der Waals surface area contributed by atoms with Crippen LogP contribution in [0.15, 0.2) is 21.8 Å². The predicted octanol–water partition coefficient (Wildman–Crippen LogP) is 1.43. The Morgan fingerprint density at radius 1 is 1.50 bits per heavy atom. The van der Waals surface area contributed by atoms with Crippen LogP contribution >= 0.6 is 15.9 Å². The van der Waals surface area contributed by atoms with Crippen molar-refractivity contribution in [2.45, 2.75) is 11.5 Å². The Kier molecular flexibility index (Phi) is 3.17. The molecule has 14 heavy (non-hydrogen) atoms. The van der Waals surface area contributed by atoms with Gasteiger partial charge in [-0.05, 0) is 6.07 Å². The van der Waals surface area contributed by atoms with Crippen LogP contribution in [0.4, 0.5) is 8.78 Å². The Hall–Kier alpha value is -0.600. The summed E-state index contributed by atoms with van der Waals surface area (Å²) in [5.74, 6) is 0. The molecule has 1 rings (SSSR count). The maximum absolute atomic E-state index is 12.4. The largest absolute Gasteiger partial charge is 0.267 e. The fraction of sp³-hybridized carbons (Fsp3) is 0.167. The van der Waals surface area contributed by atoms with Crippen molar-refractivity contribution in [2.24, 2.45) is 5.14 Å². The summed E-state index contributed by atoms with van der Waals surface area (Å²) in [6.45, 7) is 0. The molecule has 1 heterocycles. The number of nitrogens with zero attached hydrogens (tertiary/aromatic N) is 1. The standard InChI is InChI=1S/C6H5BrF2N2O2S/c7-3-1-2-11-6(14(10,12)13)4(3)5(8)9/h1-2,5H,(H2,10,12,13). The summed E-state index contributed by atoms with van der Waals surface area (Å²) in [5.41, 5.74) is -0.713. The highest BCUT2D eigenvalue weighted by atomic mass is 79.9. The Morgan fingerprint density at radius 2 is 2.07 bits per heavy atom. The van der Waals surface area contributed by atoms with Gasteiger partial charge in [-0.15, -0.1) is 0 Å². The van der Waals surface area contributed by atoms with E-state index < -0.39 is 27.0 Å². The SMILES string of the molecule is NS(=O)(=O)c1nccc(Br)c1C(F)F. The number of halogens is 3. The lowest BCUT2D eigenvalue weighted by Gasteiger charge is -2.06. The van der Waals surface area contributed by atoms with Crippen LogP contribution in [0, 0.1) is 0 Å². The highest BCUT2D eigenvalue weighted by Gasteiger charge is 2.24. The first-order valence-corrected chi connectivity index (χ1v) is 5.63. The monoisotopic (exact) mass is 286 g/mol. The van der Waals surface area contributed by atoms with E-state index in [9.17, 15) is 17.2 Å². The Balaban J connectivity index is 3.52. The number of rotatable bonds is 2. The summed E-state index contributed by atoms with van der Waals surface area (Å²) in [6, 6.07) is 1.22. The number of pyridine rings is 1. The molecule has 0 aromatic carbocycles. The van der Waals surface area contributed by atoms with Gasteiger partial charge in [0.1, 0.15) is 0 Å². The number of nitrogens with two attached hydrogens (primary N) is 1. The van der Waals surface area contributed by atoms with Gasteiger partial charge in [-0.25, -0.2) is 27.3 Å². The van der Waals surface area contributed by atoms with E-state index in [-0.39, 0.29) is 4.47 Å². The quantitative estimate of drug-likeness (QED) is 0.894. The summed E-state index contributed by atoms with van der Waals surface area (Å²) >= 11 is 2.80. The van der Waals surface area contributed by atoms with Gasteiger partial charge in [0, 0.05) is 10.7 Å². The van der Waals surface area contributed by atoms with Crippen LogP contribution in [0.2, 0.25) is 0 Å². The number of primary sulfonamides is 1. The lowest BCUT2D eigenvalue weighted by molar-refractivity contribution is 0.146. The summed E-state index contributed by atoms with van der Waals surface area (Å²) in [5, 5.41) is 3.92. The third kappa shape index (κ3) is 2.25. The minimum Gasteiger partial charge on any atom is -0.243 e. The normalized spacial score (nSPS) is 12.1. The van der Waals surface area contributed by atoms with E-state index in [4.69, 9.17) is 5.14 Å². The zero-order chi connectivity index (χ0) is 10.9. The first-order valence-electron chi connectivity index (χ1n) is 3.29. The topological polar surface area (TPSA) is 73.1 Å². The molecule has 0 bridgehead atoms. The van der Waals surface area contributed by atoms with Crippen molar-refractivity contribution in [3.05, 3.63) is 22.3 Å². The molecule has 0 aliphatic carbocycles. The van der Waals surface area contributed by atoms with E-state index in [1.807, 2.05) is 0 Å². The lowest BCUT2D eigenvalue weighted by atomic mass is 10.3. The van der Waals surface area contributed by atoms with Crippen molar-refractivity contribution in [1.29, 1.82) is 0 Å². The number of hydrogen-bond acceptors (Lipinski definition) is 3. The molecular weight excluding hydrogens is 282 g/mol. The molecule has 4 nitrogen and oxygen atoms in total. The first kappa shape index (κ1) is 11.5. The zero-order valence-electron chi connectivity index (χ0n) is 6.62. The summed E-state index contributed by atoms with van der Waals surface area (Å²) in [7, 11) is -4.22. The van der Waals surface area contributed by atoms with E-state index in [1.54, 1.807) is 0 Å². The number of alkyl halides is 2. The van der Waals surface area contributed by atoms with Gasteiger partial charge in [-0.3, -0.25) is 0 Å². The molecule has 2 N–H and O–H groups in total. The Morgan fingerprint density at radius 3 is 2.43 bits per heavy atom. The second-order valence-corrected chi connectivity index (χ2v) is 4.69. The zero-order valence-corrected chi connectivity index (χ0v) is 9.02. The maximum Gasteiger partial charge on any atom is 0.267 e. The molecule has 0 saturated carbocycles. The van der Waals surface area contributed by atoms with Crippen molar-refractivity contribution in [3.63, 3.8) is 0 Å². The molecular formula is C6H5BrF2N2O2S. The van der Waals surface area contributed by atoms with E-state index in [0.29, 0.717) is 0 Å². The minimum absolute atomic E-state index is 0.0356. The molecule has 0 amide bonds. The number of hydrogen-bond donors (Lipinski definition) is 1. The van der Waals surface area contributed by atoms with E-state index in [2.05, 4.69) is 20.9 Å². The fourth-order valence-electron chi connectivity index (χ4n) is 0.856. The molecule has 0 aliphatic heterocycles. The van der Waals surface area contributed by atoms with Crippen LogP contribution in [0.1, 0.15) is 12.0 Å². The van der Waals surface area contributed by atoms with Gasteiger partial charge >= 0.3 is 0 Å². The maximum atomic E-state index is 12.4. The fourth-order valence-corrected chi connectivity index (χ4v) is 2.18. The third-order valence-electron chi connectivity index (χ3n) is 1.39. The number of sulfonamides is 1. The average Bonchev–Trinajstić information content (AvgIpc) is 2.01. The molecule has 0 spiro atoms. The molecule has 0 saturated heterocycles. The van der Waals surface area contributed by atoms with Crippen molar-refractivity contribution < 1.29 is 17.2 Å². The van der Waals surface area contributed by atoms with Crippen LogP contribution in [-0.4, -0.2) is 13.4 Å². The van der Waals surface area contributed by atoms with Gasteiger partial charge in [-0.2, -0.15) is 0 Å². The Bertz CT molecular complexity index is 449. The summed E-state index contributed by atoms with van der Waals surface area (Å²) in [4.78, 5) is 3.31. The van der Waals surface area contributed by atoms with Crippen LogP contribution in [-0.2, 0) is 10.0 Å². The van der Waals surface area contributed by atoms with Gasteiger partial charge in [0.15, 0.2) is 5.03 Å². The van der Waals surface area contributed by atoms with Crippen LogP contribution < -0.4 is 5.14 Å². The van der Waals surface area contributed by atoms with Crippen LogP contribution in [0.25, 0.3) is 0 Å². The van der Waals surface area contributed by atoms with Gasteiger partial charge < -0.3 is 0 Å². The molecule has 1 aromatic rings. The van der Waals surface area contributed by atoms with E-state index in [0.717, 1.165) is 6.20 Å². The van der Waals surface area contributed by atoms with Crippen LogP contribution in [0.3, 0.4) is 0 Å². The second-order valence-electron chi connectivity index (χ2n) is 2.36. The van der Waals surface area contributed by atoms with Crippen molar-refractivity contribution >= 4 is 26.0 Å². The minimum atomic E-state index is -4.22. The number of aromatic nitrogens is 1. The highest BCUT2D eigenvalue weighted by Crippen LogP contribution is 2.30. The smallest absolute Gasteiger partial charge is 0.243 e. The van der Waals surface area contributed by atoms with Crippen molar-refractivity contribution in [2.75, 3.05) is 0 Å². The summed E-state index contributed by atoms with van der Waals surface area (Å²) < 4.78 is 46.6. The van der Waals surface area contributed by atoms with E-state index in [1.165, 1.54) is 6.07 Å². The molecule has 0 unspecified atom stereocenters. The molecule has 0 fully saturated rings. The van der Waals surface area contributed by atoms with Gasteiger partial charge in [-0.1, -0.05) is 15.9 Å². The predicted molar refractivity (Wildman–Crippen MR) is 48.3 cm³/mol. The molecule has 0 radical (unpaired) electrons. The summed E-state index contributed by atoms with van der Waals surface area (Å²) in [6.07, 6.45) is -1.87. The lowest BCUT2D eigenvalue weighted by Crippen LogP contribution is -2.16. The molecule has 0 atom stereocenters. The molecule has 8 heteroatoms. The van der Waals surface area contributed by atoms with Crippen molar-refractivity contribution in [3.8, 4) is 0 Å². The Labute approximate surface area is 87.3 Å². The van der Waals surface area contributed by atoms with E-state index >= 15 is 0 Å². The molecule has 1 aromatic heterocycles. The molecule has 78 valence electrons. The first-order chi connectivity index (χ1) is 6.34. The molecule has 0 aliphatic rings. The van der Waals surface area contributed by atoms with Gasteiger partial charge in [0.2, 0.25) is 0 Å².